The summed E-state index contributed by atoms with van der Waals surface area (Å²) >= 11 is 1.52. The first-order valence-corrected chi connectivity index (χ1v) is 6.73. The summed E-state index contributed by atoms with van der Waals surface area (Å²) in [5.41, 5.74) is -4.63. The van der Waals surface area contributed by atoms with Crippen LogP contribution in [0.3, 0.4) is 0 Å². The highest BCUT2D eigenvalue weighted by molar-refractivity contribution is 14.1. The molecular formula is C9H6F3IN4OS. The van der Waals surface area contributed by atoms with Crippen molar-refractivity contribution < 1.29 is 13.2 Å². The van der Waals surface area contributed by atoms with Gasteiger partial charge >= 0.3 is 11.2 Å². The maximum atomic E-state index is 12.4. The SMILES string of the molecule is Cn1nnn(-c2cccc(SC(F)(F)F)c2I)c1=O. The van der Waals surface area contributed by atoms with E-state index < -0.39 is 11.2 Å². The maximum Gasteiger partial charge on any atom is 0.446 e. The zero-order valence-electron chi connectivity index (χ0n) is 9.35. The number of benzene rings is 1. The van der Waals surface area contributed by atoms with E-state index in [1.165, 1.54) is 25.2 Å². The Morgan fingerprint density at radius 1 is 1.32 bits per heavy atom. The number of alkyl halides is 3. The highest BCUT2D eigenvalue weighted by Gasteiger charge is 2.30. The fraction of sp³-hybridized carbons (Fsp3) is 0.222. The summed E-state index contributed by atoms with van der Waals surface area (Å²) in [5.74, 6) is 0. The Morgan fingerprint density at radius 3 is 2.53 bits per heavy atom. The molecule has 1 aromatic carbocycles. The average Bonchev–Trinajstić information content (AvgIpc) is 2.62. The molecular weight excluding hydrogens is 396 g/mol. The molecule has 0 amide bonds. The summed E-state index contributed by atoms with van der Waals surface area (Å²) < 4.78 is 39.5. The van der Waals surface area contributed by atoms with Crippen molar-refractivity contribution in [3.05, 3.63) is 32.3 Å². The van der Waals surface area contributed by atoms with Gasteiger partial charge in [-0.25, -0.2) is 4.79 Å². The van der Waals surface area contributed by atoms with Crippen LogP contribution in [0.2, 0.25) is 0 Å². The van der Waals surface area contributed by atoms with Gasteiger partial charge in [-0.1, -0.05) is 6.07 Å². The van der Waals surface area contributed by atoms with Gasteiger partial charge in [0.25, 0.3) is 0 Å². The molecule has 19 heavy (non-hydrogen) atoms. The summed E-state index contributed by atoms with van der Waals surface area (Å²) in [6.07, 6.45) is 0. The number of rotatable bonds is 2. The van der Waals surface area contributed by atoms with Crippen LogP contribution in [0.5, 0.6) is 0 Å². The Hall–Kier alpha value is -1.04. The van der Waals surface area contributed by atoms with E-state index in [2.05, 4.69) is 10.4 Å². The second kappa shape index (κ2) is 5.15. The predicted molar refractivity (Wildman–Crippen MR) is 71.2 cm³/mol. The molecule has 0 saturated heterocycles. The van der Waals surface area contributed by atoms with Crippen LogP contribution in [0.25, 0.3) is 5.69 Å². The quantitative estimate of drug-likeness (QED) is 0.571. The van der Waals surface area contributed by atoms with E-state index in [4.69, 9.17) is 0 Å². The van der Waals surface area contributed by atoms with Crippen molar-refractivity contribution in [2.75, 3.05) is 0 Å². The summed E-state index contributed by atoms with van der Waals surface area (Å²) in [6, 6.07) is 4.29. The van der Waals surface area contributed by atoms with Gasteiger partial charge in [0.15, 0.2) is 0 Å². The minimum Gasteiger partial charge on any atom is -0.244 e. The number of thioether (sulfide) groups is 1. The van der Waals surface area contributed by atoms with Gasteiger partial charge < -0.3 is 0 Å². The van der Waals surface area contributed by atoms with Crippen molar-refractivity contribution in [2.24, 2.45) is 7.05 Å². The van der Waals surface area contributed by atoms with Gasteiger partial charge in [-0.2, -0.15) is 22.5 Å². The minimum absolute atomic E-state index is 0.0168. The van der Waals surface area contributed by atoms with Gasteiger partial charge in [-0.15, -0.1) is 0 Å². The molecule has 102 valence electrons. The molecule has 0 N–H and O–H groups in total. The summed E-state index contributed by atoms with van der Waals surface area (Å²) in [4.78, 5) is 11.7. The lowest BCUT2D eigenvalue weighted by molar-refractivity contribution is -0.0328. The molecule has 0 radical (unpaired) electrons. The largest absolute Gasteiger partial charge is 0.446 e. The molecule has 0 spiro atoms. The van der Waals surface area contributed by atoms with Gasteiger partial charge in [-0.05, 0) is 56.9 Å². The molecule has 10 heteroatoms. The summed E-state index contributed by atoms with van der Waals surface area (Å²) in [6.45, 7) is 0. The fourth-order valence-electron chi connectivity index (χ4n) is 1.33. The number of nitrogens with zero attached hydrogens (tertiary/aromatic N) is 4. The lowest BCUT2D eigenvalue weighted by Crippen LogP contribution is -2.22. The van der Waals surface area contributed by atoms with Crippen LogP contribution in [0.4, 0.5) is 13.2 Å². The van der Waals surface area contributed by atoms with E-state index in [1.54, 1.807) is 22.6 Å². The molecule has 0 saturated carbocycles. The lowest BCUT2D eigenvalue weighted by Gasteiger charge is -2.10. The van der Waals surface area contributed by atoms with Crippen LogP contribution in [-0.4, -0.2) is 25.3 Å². The molecule has 0 aliphatic heterocycles. The van der Waals surface area contributed by atoms with Crippen LogP contribution in [0.1, 0.15) is 0 Å². The van der Waals surface area contributed by atoms with Crippen molar-refractivity contribution in [3.8, 4) is 5.69 Å². The molecule has 1 heterocycles. The number of aromatic nitrogens is 4. The number of halogens is 4. The van der Waals surface area contributed by atoms with E-state index >= 15 is 0 Å². The second-order valence-electron chi connectivity index (χ2n) is 3.43. The topological polar surface area (TPSA) is 52.7 Å². The minimum atomic E-state index is -4.38. The van der Waals surface area contributed by atoms with Crippen LogP contribution >= 0.6 is 34.4 Å². The second-order valence-corrected chi connectivity index (χ2v) is 5.62. The molecule has 0 aliphatic carbocycles. The van der Waals surface area contributed by atoms with Crippen molar-refractivity contribution in [2.45, 2.75) is 10.4 Å². The third-order valence-corrected chi connectivity index (χ3v) is 4.41. The van der Waals surface area contributed by atoms with Crippen LogP contribution < -0.4 is 5.69 Å². The molecule has 0 aliphatic rings. The Balaban J connectivity index is 2.52. The van der Waals surface area contributed by atoms with E-state index in [9.17, 15) is 18.0 Å². The Kier molecular flexibility index (Phi) is 3.90. The highest BCUT2D eigenvalue weighted by Crippen LogP contribution is 2.40. The standard InChI is InChI=1S/C9H6F3IN4OS/c1-16-8(18)17(15-14-16)5-3-2-4-6(7(5)13)19-9(10,11)12/h2-4H,1H3. The first-order valence-electron chi connectivity index (χ1n) is 4.83. The molecule has 5 nitrogen and oxygen atoms in total. The number of tetrazole rings is 1. The summed E-state index contributed by atoms with van der Waals surface area (Å²) in [5, 5.41) is 7.13. The van der Waals surface area contributed by atoms with E-state index in [0.29, 0.717) is 3.57 Å². The molecule has 0 bridgehead atoms. The molecule has 2 rings (SSSR count). The Morgan fingerprint density at radius 2 is 2.00 bits per heavy atom. The van der Waals surface area contributed by atoms with Gasteiger partial charge in [0, 0.05) is 11.9 Å². The molecule has 2 aromatic rings. The van der Waals surface area contributed by atoms with Crippen molar-refractivity contribution >= 4 is 34.4 Å². The summed E-state index contributed by atoms with van der Waals surface area (Å²) in [7, 11) is 1.41. The normalized spacial score (nSPS) is 11.8. The maximum absolute atomic E-state index is 12.4. The first-order chi connectivity index (χ1) is 8.79. The zero-order chi connectivity index (χ0) is 14.2. The molecule has 1 aromatic heterocycles. The van der Waals surface area contributed by atoms with Crippen LogP contribution in [-0.2, 0) is 7.05 Å². The van der Waals surface area contributed by atoms with E-state index in [1.807, 2.05) is 0 Å². The number of hydrogen-bond acceptors (Lipinski definition) is 4. The predicted octanol–water partition coefficient (Wildman–Crippen LogP) is 2.18. The Bertz CT molecular complexity index is 666. The van der Waals surface area contributed by atoms with Crippen molar-refractivity contribution in [1.82, 2.24) is 19.8 Å². The first kappa shape index (κ1) is 14.4. The van der Waals surface area contributed by atoms with Crippen molar-refractivity contribution in [1.29, 1.82) is 0 Å². The number of aryl methyl sites for hydroxylation is 1. The zero-order valence-corrected chi connectivity index (χ0v) is 12.3. The van der Waals surface area contributed by atoms with Crippen LogP contribution in [0.15, 0.2) is 27.9 Å². The Labute approximate surface area is 122 Å². The smallest absolute Gasteiger partial charge is 0.244 e. The van der Waals surface area contributed by atoms with Gasteiger partial charge in [0.2, 0.25) is 0 Å². The van der Waals surface area contributed by atoms with Gasteiger partial charge in [-0.3, -0.25) is 0 Å². The third-order valence-electron chi connectivity index (χ3n) is 2.12. The van der Waals surface area contributed by atoms with E-state index in [0.717, 1.165) is 9.36 Å². The average molecular weight is 402 g/mol. The van der Waals surface area contributed by atoms with Gasteiger partial charge in [0.1, 0.15) is 0 Å². The lowest BCUT2D eigenvalue weighted by atomic mass is 10.3. The molecule has 0 atom stereocenters. The monoisotopic (exact) mass is 402 g/mol. The third kappa shape index (κ3) is 3.11. The van der Waals surface area contributed by atoms with Crippen molar-refractivity contribution in [3.63, 3.8) is 0 Å². The highest BCUT2D eigenvalue weighted by atomic mass is 127. The number of hydrogen-bond donors (Lipinski definition) is 0. The van der Waals surface area contributed by atoms with E-state index in [-0.39, 0.29) is 22.3 Å². The molecule has 0 unspecified atom stereocenters. The fourth-order valence-corrected chi connectivity index (χ4v) is 2.84. The molecule has 0 fully saturated rings. The van der Waals surface area contributed by atoms with Crippen LogP contribution in [0, 0.1) is 3.57 Å². The van der Waals surface area contributed by atoms with Gasteiger partial charge in [0.05, 0.1) is 9.26 Å².